The van der Waals surface area contributed by atoms with Gasteiger partial charge in [-0.3, -0.25) is 4.79 Å². The average molecular weight is 339 g/mol. The van der Waals surface area contributed by atoms with Gasteiger partial charge in [-0.05, 0) is 49.1 Å². The number of anilines is 1. The predicted molar refractivity (Wildman–Crippen MR) is 99.9 cm³/mol. The highest BCUT2D eigenvalue weighted by Crippen LogP contribution is 2.17. The van der Waals surface area contributed by atoms with Crippen molar-refractivity contribution in [2.24, 2.45) is 0 Å². The van der Waals surface area contributed by atoms with Gasteiger partial charge in [-0.15, -0.1) is 0 Å². The van der Waals surface area contributed by atoms with Crippen LogP contribution in [0.4, 0.5) is 5.69 Å². The maximum atomic E-state index is 12.1. The minimum atomic E-state index is 0.0935. The van der Waals surface area contributed by atoms with E-state index in [-0.39, 0.29) is 5.91 Å². The molecule has 4 nitrogen and oxygen atoms in total. The first-order chi connectivity index (χ1) is 12.3. The molecule has 0 aromatic heterocycles. The fourth-order valence-electron chi connectivity index (χ4n) is 3.19. The molecule has 2 aromatic carbocycles. The first-order valence-electron chi connectivity index (χ1n) is 9.20. The summed E-state index contributed by atoms with van der Waals surface area (Å²) >= 11 is 0. The summed E-state index contributed by atoms with van der Waals surface area (Å²) in [5.41, 5.74) is 1.96. The van der Waals surface area contributed by atoms with E-state index < -0.39 is 0 Å². The number of hydrogen-bond donors (Lipinski definition) is 2. The van der Waals surface area contributed by atoms with Gasteiger partial charge in [-0.25, -0.2) is 0 Å². The molecule has 0 saturated carbocycles. The molecule has 2 N–H and O–H groups in total. The number of carbonyl (C=O) groups is 1. The Kier molecular flexibility index (Phi) is 6.46. The molecule has 0 radical (unpaired) electrons. The molecule has 0 spiro atoms. The molecule has 1 fully saturated rings. The summed E-state index contributed by atoms with van der Waals surface area (Å²) in [6.07, 6.45) is 4.51. The minimum Gasteiger partial charge on any atom is -0.489 e. The van der Waals surface area contributed by atoms with Gasteiger partial charge >= 0.3 is 0 Å². The summed E-state index contributed by atoms with van der Waals surface area (Å²) in [6, 6.07) is 17.7. The van der Waals surface area contributed by atoms with Gasteiger partial charge < -0.3 is 15.0 Å². The number of ether oxygens (including phenoxy) is 1. The number of likely N-dealkylation sites (tertiary alicyclic amines) is 1. The van der Waals surface area contributed by atoms with E-state index in [1.54, 1.807) is 4.90 Å². The van der Waals surface area contributed by atoms with Crippen LogP contribution < -0.4 is 15.0 Å². The topological polar surface area (TPSA) is 42.8 Å². The molecular formula is C21H27N2O2+. The van der Waals surface area contributed by atoms with Crippen LogP contribution in [0.2, 0.25) is 0 Å². The molecule has 132 valence electrons. The van der Waals surface area contributed by atoms with Crippen LogP contribution in [0.3, 0.4) is 0 Å². The molecular weight excluding hydrogens is 312 g/mol. The third kappa shape index (κ3) is 5.91. The molecule has 0 bridgehead atoms. The van der Waals surface area contributed by atoms with Crippen molar-refractivity contribution in [1.82, 2.24) is 0 Å². The number of piperidine rings is 1. The smallest absolute Gasteiger partial charge is 0.230 e. The van der Waals surface area contributed by atoms with Crippen LogP contribution in [0.1, 0.15) is 31.2 Å². The van der Waals surface area contributed by atoms with Crippen LogP contribution >= 0.6 is 0 Å². The lowest BCUT2D eigenvalue weighted by molar-refractivity contribution is -0.904. The van der Waals surface area contributed by atoms with E-state index in [1.807, 2.05) is 54.6 Å². The molecule has 1 saturated heterocycles. The summed E-state index contributed by atoms with van der Waals surface area (Å²) in [7, 11) is 0. The van der Waals surface area contributed by atoms with Gasteiger partial charge in [0.1, 0.15) is 12.4 Å². The maximum absolute atomic E-state index is 12.1. The number of amides is 1. The van der Waals surface area contributed by atoms with E-state index in [4.69, 9.17) is 4.74 Å². The zero-order chi connectivity index (χ0) is 17.3. The van der Waals surface area contributed by atoms with Crippen LogP contribution in [0.15, 0.2) is 54.6 Å². The van der Waals surface area contributed by atoms with Crippen molar-refractivity contribution in [2.75, 3.05) is 25.0 Å². The molecule has 1 amide bonds. The molecule has 0 unspecified atom stereocenters. The quantitative estimate of drug-likeness (QED) is 0.814. The SMILES string of the molecule is O=C(CC[NH+]1CCCCC1)Nc1ccc(OCc2ccccc2)cc1. The second kappa shape index (κ2) is 9.23. The third-order valence-corrected chi connectivity index (χ3v) is 4.65. The summed E-state index contributed by atoms with van der Waals surface area (Å²) in [6.45, 7) is 3.90. The fraction of sp³-hybridized carbons (Fsp3) is 0.381. The standard InChI is InChI=1S/C21H26N2O2/c24-21(13-16-23-14-5-2-6-15-23)22-19-9-11-20(12-10-19)25-17-18-7-3-1-4-8-18/h1,3-4,7-12H,2,5-6,13-17H2,(H,22,24)/p+1. The lowest BCUT2D eigenvalue weighted by atomic mass is 10.1. The highest BCUT2D eigenvalue weighted by molar-refractivity contribution is 5.90. The predicted octanol–water partition coefficient (Wildman–Crippen LogP) is 2.66. The van der Waals surface area contributed by atoms with E-state index in [0.29, 0.717) is 13.0 Å². The summed E-state index contributed by atoms with van der Waals surface area (Å²) < 4.78 is 5.76. The maximum Gasteiger partial charge on any atom is 0.230 e. The average Bonchev–Trinajstić information content (AvgIpc) is 2.67. The number of quaternary nitrogens is 1. The van der Waals surface area contributed by atoms with Gasteiger partial charge in [0.2, 0.25) is 5.91 Å². The van der Waals surface area contributed by atoms with E-state index in [9.17, 15) is 4.79 Å². The lowest BCUT2D eigenvalue weighted by Crippen LogP contribution is -3.12. The van der Waals surface area contributed by atoms with Gasteiger partial charge in [0.15, 0.2) is 0 Å². The van der Waals surface area contributed by atoms with Crippen LogP contribution in [-0.4, -0.2) is 25.5 Å². The largest absolute Gasteiger partial charge is 0.489 e. The highest BCUT2D eigenvalue weighted by atomic mass is 16.5. The Morgan fingerprint density at radius 2 is 1.68 bits per heavy atom. The second-order valence-corrected chi connectivity index (χ2v) is 6.66. The number of carbonyl (C=O) groups excluding carboxylic acids is 1. The highest BCUT2D eigenvalue weighted by Gasteiger charge is 2.14. The first kappa shape index (κ1) is 17.5. The van der Waals surface area contributed by atoms with Crippen molar-refractivity contribution < 1.29 is 14.4 Å². The molecule has 0 aliphatic carbocycles. The Hall–Kier alpha value is -2.33. The third-order valence-electron chi connectivity index (χ3n) is 4.65. The van der Waals surface area contributed by atoms with E-state index in [0.717, 1.165) is 23.5 Å². The Bertz CT molecular complexity index is 649. The molecule has 1 heterocycles. The van der Waals surface area contributed by atoms with Gasteiger partial charge in [-0.1, -0.05) is 30.3 Å². The summed E-state index contributed by atoms with van der Waals surface area (Å²) in [5.74, 6) is 0.899. The van der Waals surface area contributed by atoms with E-state index >= 15 is 0 Å². The van der Waals surface area contributed by atoms with Crippen molar-refractivity contribution in [2.45, 2.75) is 32.3 Å². The van der Waals surface area contributed by atoms with E-state index in [2.05, 4.69) is 5.32 Å². The summed E-state index contributed by atoms with van der Waals surface area (Å²) in [4.78, 5) is 13.7. The Morgan fingerprint density at radius 1 is 0.960 bits per heavy atom. The Morgan fingerprint density at radius 3 is 2.40 bits per heavy atom. The van der Waals surface area contributed by atoms with Crippen LogP contribution in [0.5, 0.6) is 5.75 Å². The minimum absolute atomic E-state index is 0.0935. The normalized spacial score (nSPS) is 14.9. The lowest BCUT2D eigenvalue weighted by Gasteiger charge is -2.23. The molecule has 0 atom stereocenters. The monoisotopic (exact) mass is 339 g/mol. The molecule has 3 rings (SSSR count). The van der Waals surface area contributed by atoms with Crippen molar-refractivity contribution >= 4 is 11.6 Å². The second-order valence-electron chi connectivity index (χ2n) is 6.66. The zero-order valence-corrected chi connectivity index (χ0v) is 14.7. The van der Waals surface area contributed by atoms with Crippen molar-refractivity contribution in [1.29, 1.82) is 0 Å². The van der Waals surface area contributed by atoms with Crippen molar-refractivity contribution in [3.63, 3.8) is 0 Å². The Labute approximate surface area is 149 Å². The molecule has 1 aliphatic heterocycles. The van der Waals surface area contributed by atoms with Gasteiger partial charge in [0.05, 0.1) is 26.1 Å². The summed E-state index contributed by atoms with van der Waals surface area (Å²) in [5, 5.41) is 2.97. The first-order valence-corrected chi connectivity index (χ1v) is 9.20. The molecule has 4 heteroatoms. The molecule has 25 heavy (non-hydrogen) atoms. The molecule has 1 aliphatic rings. The number of rotatable bonds is 7. The number of benzene rings is 2. The van der Waals surface area contributed by atoms with Crippen LogP contribution in [0.25, 0.3) is 0 Å². The zero-order valence-electron chi connectivity index (χ0n) is 14.7. The van der Waals surface area contributed by atoms with Crippen molar-refractivity contribution in [3.8, 4) is 5.75 Å². The number of nitrogens with one attached hydrogen (secondary N) is 2. The van der Waals surface area contributed by atoms with Crippen molar-refractivity contribution in [3.05, 3.63) is 60.2 Å². The fourth-order valence-corrected chi connectivity index (χ4v) is 3.19. The van der Waals surface area contributed by atoms with E-state index in [1.165, 1.54) is 32.4 Å². The van der Waals surface area contributed by atoms with Crippen LogP contribution in [0, 0.1) is 0 Å². The Balaban J connectivity index is 1.41. The number of hydrogen-bond acceptors (Lipinski definition) is 2. The molecule has 2 aromatic rings. The van der Waals surface area contributed by atoms with Gasteiger partial charge in [0.25, 0.3) is 0 Å². The van der Waals surface area contributed by atoms with Gasteiger partial charge in [0, 0.05) is 5.69 Å². The van der Waals surface area contributed by atoms with Gasteiger partial charge in [-0.2, -0.15) is 0 Å². The van der Waals surface area contributed by atoms with Crippen LogP contribution in [-0.2, 0) is 11.4 Å².